The first-order valence-electron chi connectivity index (χ1n) is 8.47. The molecule has 1 N–H and O–H groups in total. The van der Waals surface area contributed by atoms with E-state index in [1.807, 2.05) is 35.2 Å². The van der Waals surface area contributed by atoms with Gasteiger partial charge in [0.1, 0.15) is 6.61 Å². The highest BCUT2D eigenvalue weighted by molar-refractivity contribution is 5.83. The van der Waals surface area contributed by atoms with Gasteiger partial charge in [-0.3, -0.25) is 9.59 Å². The van der Waals surface area contributed by atoms with Crippen molar-refractivity contribution in [1.29, 1.82) is 0 Å². The van der Waals surface area contributed by atoms with Crippen LogP contribution < -0.4 is 5.32 Å². The third-order valence-corrected chi connectivity index (χ3v) is 4.65. The lowest BCUT2D eigenvalue weighted by molar-refractivity contribution is -0.153. The number of rotatable bonds is 4. The predicted molar refractivity (Wildman–Crippen MR) is 86.6 cm³/mol. The van der Waals surface area contributed by atoms with Crippen molar-refractivity contribution in [3.8, 4) is 0 Å². The maximum Gasteiger partial charge on any atom is 0.311 e. The lowest BCUT2D eigenvalue weighted by Crippen LogP contribution is -2.49. The van der Waals surface area contributed by atoms with Crippen molar-refractivity contribution in [2.24, 2.45) is 5.92 Å². The zero-order valence-electron chi connectivity index (χ0n) is 13.4. The van der Waals surface area contributed by atoms with E-state index in [2.05, 4.69) is 5.32 Å². The molecule has 2 aliphatic heterocycles. The van der Waals surface area contributed by atoms with Crippen LogP contribution in [-0.2, 0) is 20.9 Å². The molecule has 3 rings (SSSR count). The lowest BCUT2D eigenvalue weighted by Gasteiger charge is -2.33. The van der Waals surface area contributed by atoms with Crippen molar-refractivity contribution in [2.75, 3.05) is 19.6 Å². The summed E-state index contributed by atoms with van der Waals surface area (Å²) in [5.74, 6) is -0.244. The van der Waals surface area contributed by atoms with E-state index in [1.54, 1.807) is 0 Å². The fourth-order valence-electron chi connectivity index (χ4n) is 3.33. The molecule has 2 fully saturated rings. The SMILES string of the molecule is O=C(OCc1ccccc1)C1CCCN(C(=O)[C@@H]2CCCN2)C1. The molecule has 0 saturated carbocycles. The van der Waals surface area contributed by atoms with Crippen molar-refractivity contribution in [3.63, 3.8) is 0 Å². The predicted octanol–water partition coefficient (Wildman–Crippen LogP) is 1.72. The van der Waals surface area contributed by atoms with E-state index >= 15 is 0 Å². The lowest BCUT2D eigenvalue weighted by atomic mass is 9.97. The van der Waals surface area contributed by atoms with Crippen molar-refractivity contribution >= 4 is 11.9 Å². The number of esters is 1. The molecule has 0 spiro atoms. The fourth-order valence-corrected chi connectivity index (χ4v) is 3.33. The highest BCUT2D eigenvalue weighted by Gasteiger charge is 2.33. The van der Waals surface area contributed by atoms with Gasteiger partial charge in [-0.1, -0.05) is 30.3 Å². The number of hydrogen-bond donors (Lipinski definition) is 1. The Hall–Kier alpha value is -1.88. The minimum absolute atomic E-state index is 0.0610. The van der Waals surface area contributed by atoms with Gasteiger partial charge in [-0.05, 0) is 37.8 Å². The second-order valence-electron chi connectivity index (χ2n) is 6.37. The Morgan fingerprint density at radius 2 is 2.00 bits per heavy atom. The summed E-state index contributed by atoms with van der Waals surface area (Å²) in [6.45, 7) is 2.45. The van der Waals surface area contributed by atoms with E-state index in [-0.39, 0.29) is 23.8 Å². The molecule has 1 unspecified atom stereocenters. The molecule has 0 aromatic heterocycles. The van der Waals surface area contributed by atoms with Gasteiger partial charge in [0.25, 0.3) is 0 Å². The Kier molecular flexibility index (Phi) is 5.28. The largest absolute Gasteiger partial charge is 0.461 e. The van der Waals surface area contributed by atoms with Gasteiger partial charge in [0.05, 0.1) is 12.0 Å². The monoisotopic (exact) mass is 316 g/mol. The van der Waals surface area contributed by atoms with Gasteiger partial charge in [0, 0.05) is 13.1 Å². The minimum atomic E-state index is -0.196. The highest BCUT2D eigenvalue weighted by Crippen LogP contribution is 2.20. The number of amides is 1. The summed E-state index contributed by atoms with van der Waals surface area (Å²) >= 11 is 0. The van der Waals surface area contributed by atoms with E-state index in [9.17, 15) is 9.59 Å². The van der Waals surface area contributed by atoms with Crippen LogP contribution in [0.2, 0.25) is 0 Å². The van der Waals surface area contributed by atoms with Crippen LogP contribution in [0.5, 0.6) is 0 Å². The number of benzene rings is 1. The van der Waals surface area contributed by atoms with Gasteiger partial charge in [-0.2, -0.15) is 0 Å². The molecule has 0 aliphatic carbocycles. The van der Waals surface area contributed by atoms with Crippen molar-refractivity contribution < 1.29 is 14.3 Å². The van der Waals surface area contributed by atoms with Gasteiger partial charge in [0.2, 0.25) is 5.91 Å². The Morgan fingerprint density at radius 3 is 2.74 bits per heavy atom. The zero-order valence-corrected chi connectivity index (χ0v) is 13.4. The normalized spacial score (nSPS) is 24.4. The van der Waals surface area contributed by atoms with E-state index in [4.69, 9.17) is 4.74 Å². The first kappa shape index (κ1) is 16.0. The van der Waals surface area contributed by atoms with E-state index in [1.165, 1.54) is 0 Å². The number of carbonyl (C=O) groups excluding carboxylic acids is 2. The fraction of sp³-hybridized carbons (Fsp3) is 0.556. The van der Waals surface area contributed by atoms with Crippen LogP contribution >= 0.6 is 0 Å². The Morgan fingerprint density at radius 1 is 1.17 bits per heavy atom. The number of carbonyl (C=O) groups is 2. The summed E-state index contributed by atoms with van der Waals surface area (Å²) in [5.41, 5.74) is 0.986. The van der Waals surface area contributed by atoms with Crippen LogP contribution in [-0.4, -0.2) is 42.5 Å². The molecule has 2 heterocycles. The Labute approximate surface area is 137 Å². The third kappa shape index (κ3) is 4.10. The number of likely N-dealkylation sites (tertiary alicyclic amines) is 1. The van der Waals surface area contributed by atoms with Crippen LogP contribution in [0.4, 0.5) is 0 Å². The van der Waals surface area contributed by atoms with Crippen molar-refractivity contribution in [1.82, 2.24) is 10.2 Å². The molecule has 2 atom stereocenters. The summed E-state index contributed by atoms with van der Waals surface area (Å²) < 4.78 is 5.43. The molecule has 23 heavy (non-hydrogen) atoms. The Balaban J connectivity index is 1.51. The quantitative estimate of drug-likeness (QED) is 0.859. The second-order valence-corrected chi connectivity index (χ2v) is 6.37. The maximum absolute atomic E-state index is 12.5. The summed E-state index contributed by atoms with van der Waals surface area (Å²) in [5, 5.41) is 3.24. The summed E-state index contributed by atoms with van der Waals surface area (Å²) in [6, 6.07) is 9.62. The van der Waals surface area contributed by atoms with Crippen molar-refractivity contribution in [2.45, 2.75) is 38.3 Å². The van der Waals surface area contributed by atoms with E-state index in [0.717, 1.165) is 44.3 Å². The van der Waals surface area contributed by atoms with Gasteiger partial charge in [-0.15, -0.1) is 0 Å². The van der Waals surface area contributed by atoms with Gasteiger partial charge in [-0.25, -0.2) is 0 Å². The number of nitrogens with zero attached hydrogens (tertiary/aromatic N) is 1. The summed E-state index contributed by atoms with van der Waals surface area (Å²) in [4.78, 5) is 26.6. The van der Waals surface area contributed by atoms with Crippen molar-refractivity contribution in [3.05, 3.63) is 35.9 Å². The molecule has 5 nitrogen and oxygen atoms in total. The minimum Gasteiger partial charge on any atom is -0.461 e. The molecule has 0 radical (unpaired) electrons. The molecule has 124 valence electrons. The molecule has 0 bridgehead atoms. The van der Waals surface area contributed by atoms with Crippen LogP contribution in [0.25, 0.3) is 0 Å². The molecule has 1 aromatic rings. The molecule has 2 saturated heterocycles. The van der Waals surface area contributed by atoms with Gasteiger partial charge < -0.3 is 15.0 Å². The summed E-state index contributed by atoms with van der Waals surface area (Å²) in [7, 11) is 0. The standard InChI is InChI=1S/C18H24N2O3/c21-17(16-9-4-10-19-16)20-11-5-8-15(12-20)18(22)23-13-14-6-2-1-3-7-14/h1-3,6-7,15-16,19H,4-5,8-13H2/t15?,16-/m0/s1. The van der Waals surface area contributed by atoms with Gasteiger partial charge in [0.15, 0.2) is 0 Å². The van der Waals surface area contributed by atoms with E-state index in [0.29, 0.717) is 13.2 Å². The first-order valence-corrected chi connectivity index (χ1v) is 8.47. The third-order valence-electron chi connectivity index (χ3n) is 4.65. The average molecular weight is 316 g/mol. The smallest absolute Gasteiger partial charge is 0.311 e. The highest BCUT2D eigenvalue weighted by atomic mass is 16.5. The average Bonchev–Trinajstić information content (AvgIpc) is 3.14. The Bertz CT molecular complexity index is 540. The molecule has 2 aliphatic rings. The molecular weight excluding hydrogens is 292 g/mol. The molecular formula is C18H24N2O3. The van der Waals surface area contributed by atoms with Gasteiger partial charge >= 0.3 is 5.97 Å². The molecule has 1 amide bonds. The topological polar surface area (TPSA) is 58.6 Å². The van der Waals surface area contributed by atoms with E-state index < -0.39 is 0 Å². The first-order chi connectivity index (χ1) is 11.2. The molecule has 1 aromatic carbocycles. The van der Waals surface area contributed by atoms with Crippen LogP contribution in [0.15, 0.2) is 30.3 Å². The van der Waals surface area contributed by atoms with Crippen LogP contribution in [0.1, 0.15) is 31.2 Å². The second kappa shape index (κ2) is 7.59. The number of piperidine rings is 1. The molecule has 5 heteroatoms. The summed E-state index contributed by atoms with van der Waals surface area (Å²) in [6.07, 6.45) is 3.62. The number of ether oxygens (including phenoxy) is 1. The maximum atomic E-state index is 12.5. The van der Waals surface area contributed by atoms with Crippen LogP contribution in [0, 0.1) is 5.92 Å². The van der Waals surface area contributed by atoms with Crippen LogP contribution in [0.3, 0.4) is 0 Å². The zero-order chi connectivity index (χ0) is 16.1. The number of hydrogen-bond acceptors (Lipinski definition) is 4. The number of nitrogens with one attached hydrogen (secondary N) is 1.